The normalized spacial score (nSPS) is 11.3. The molecule has 0 bridgehead atoms. The monoisotopic (exact) mass is 305 g/mol. The van der Waals surface area contributed by atoms with Gasteiger partial charge in [0, 0.05) is 12.5 Å². The number of rotatable bonds is 8. The van der Waals surface area contributed by atoms with E-state index in [2.05, 4.69) is 11.9 Å². The highest BCUT2D eigenvalue weighted by Gasteiger charge is 2.20. The van der Waals surface area contributed by atoms with Crippen molar-refractivity contribution in [1.82, 2.24) is 5.32 Å². The number of hydrogen-bond donors (Lipinski definition) is 2. The van der Waals surface area contributed by atoms with Gasteiger partial charge in [0.2, 0.25) is 0 Å². The van der Waals surface area contributed by atoms with Crippen molar-refractivity contribution in [2.45, 2.75) is 32.2 Å². The molecule has 6 heteroatoms. The van der Waals surface area contributed by atoms with Crippen LogP contribution in [-0.4, -0.2) is 29.0 Å². The summed E-state index contributed by atoms with van der Waals surface area (Å²) in [6.07, 6.45) is 3.32. The van der Waals surface area contributed by atoms with E-state index in [1.807, 2.05) is 0 Å². The van der Waals surface area contributed by atoms with Crippen molar-refractivity contribution in [3.8, 4) is 5.75 Å². The third kappa shape index (κ3) is 5.78. The summed E-state index contributed by atoms with van der Waals surface area (Å²) >= 11 is 0. The highest BCUT2D eigenvalue weighted by molar-refractivity contribution is 5.97. The van der Waals surface area contributed by atoms with Gasteiger partial charge < -0.3 is 15.2 Å². The maximum absolute atomic E-state index is 12.1. The summed E-state index contributed by atoms with van der Waals surface area (Å²) in [6, 6.07) is 5.03. The van der Waals surface area contributed by atoms with Crippen LogP contribution in [0.3, 0.4) is 0 Å². The fraction of sp³-hybridized carbons (Fsp3) is 0.312. The fourth-order valence-corrected chi connectivity index (χ4v) is 1.83. The molecule has 1 rings (SSSR count). The number of amides is 1. The maximum Gasteiger partial charge on any atom is 0.326 e. The van der Waals surface area contributed by atoms with Gasteiger partial charge in [-0.25, -0.2) is 4.79 Å². The standard InChI is InChI=1S/C16H19NO5/c1-3-4-5-9-14(16(20)21)17-15(19)12-7-6-8-13(10-12)22-11(2)18/h3,6-8,10,14H,1,4-5,9H2,2H3,(H,17,19)(H,20,21)/t14-/m0/s1. The Labute approximate surface area is 128 Å². The Bertz CT molecular complexity index is 567. The molecule has 0 unspecified atom stereocenters. The van der Waals surface area contributed by atoms with Crippen LogP contribution in [-0.2, 0) is 9.59 Å². The van der Waals surface area contributed by atoms with Gasteiger partial charge in [-0.05, 0) is 37.5 Å². The predicted molar refractivity (Wildman–Crippen MR) is 80.7 cm³/mol. The van der Waals surface area contributed by atoms with E-state index < -0.39 is 23.9 Å². The van der Waals surface area contributed by atoms with Crippen molar-refractivity contribution in [3.63, 3.8) is 0 Å². The van der Waals surface area contributed by atoms with E-state index in [0.29, 0.717) is 19.3 Å². The summed E-state index contributed by atoms with van der Waals surface area (Å²) < 4.78 is 4.89. The van der Waals surface area contributed by atoms with Crippen molar-refractivity contribution < 1.29 is 24.2 Å². The number of carboxylic acids is 1. The first kappa shape index (κ1) is 17.4. The summed E-state index contributed by atoms with van der Waals surface area (Å²) in [5, 5.41) is 11.6. The maximum atomic E-state index is 12.1. The third-order valence-corrected chi connectivity index (χ3v) is 2.86. The van der Waals surface area contributed by atoms with E-state index in [0.717, 1.165) is 0 Å². The molecule has 1 atom stereocenters. The van der Waals surface area contributed by atoms with Gasteiger partial charge in [0.15, 0.2) is 0 Å². The van der Waals surface area contributed by atoms with Crippen LogP contribution >= 0.6 is 0 Å². The van der Waals surface area contributed by atoms with Crippen LogP contribution in [0, 0.1) is 0 Å². The van der Waals surface area contributed by atoms with Gasteiger partial charge in [0.05, 0.1) is 0 Å². The molecule has 0 saturated heterocycles. The zero-order chi connectivity index (χ0) is 16.5. The third-order valence-electron chi connectivity index (χ3n) is 2.86. The van der Waals surface area contributed by atoms with Crippen molar-refractivity contribution >= 4 is 17.8 Å². The lowest BCUT2D eigenvalue weighted by Gasteiger charge is -2.14. The second kappa shape index (κ2) is 8.61. The van der Waals surface area contributed by atoms with E-state index in [-0.39, 0.29) is 11.3 Å². The van der Waals surface area contributed by atoms with Crippen LogP contribution in [0.15, 0.2) is 36.9 Å². The quantitative estimate of drug-likeness (QED) is 0.332. The molecule has 0 radical (unpaired) electrons. The average molecular weight is 305 g/mol. The minimum atomic E-state index is -1.09. The first-order valence-corrected chi connectivity index (χ1v) is 6.87. The molecule has 0 aromatic heterocycles. The Morgan fingerprint density at radius 3 is 2.73 bits per heavy atom. The Kier molecular flexibility index (Phi) is 6.82. The molecular weight excluding hydrogens is 286 g/mol. The Morgan fingerprint density at radius 2 is 2.14 bits per heavy atom. The van der Waals surface area contributed by atoms with Gasteiger partial charge in [-0.1, -0.05) is 12.1 Å². The fourth-order valence-electron chi connectivity index (χ4n) is 1.83. The Balaban J connectivity index is 2.74. The highest BCUT2D eigenvalue weighted by atomic mass is 16.5. The van der Waals surface area contributed by atoms with Crippen molar-refractivity contribution in [2.24, 2.45) is 0 Å². The largest absolute Gasteiger partial charge is 0.480 e. The molecule has 0 heterocycles. The molecule has 0 spiro atoms. The molecule has 2 N–H and O–H groups in total. The number of aliphatic carboxylic acids is 1. The smallest absolute Gasteiger partial charge is 0.326 e. The molecule has 0 aliphatic heterocycles. The summed E-state index contributed by atoms with van der Waals surface area (Å²) in [7, 11) is 0. The van der Waals surface area contributed by atoms with Gasteiger partial charge >= 0.3 is 11.9 Å². The summed E-state index contributed by atoms with van der Waals surface area (Å²) in [5.41, 5.74) is 0.230. The Hall–Kier alpha value is -2.63. The highest BCUT2D eigenvalue weighted by Crippen LogP contribution is 2.14. The number of hydrogen-bond acceptors (Lipinski definition) is 4. The molecule has 0 aliphatic carbocycles. The zero-order valence-corrected chi connectivity index (χ0v) is 12.4. The molecule has 1 aromatic carbocycles. The van der Waals surface area contributed by atoms with Crippen LogP contribution in [0.5, 0.6) is 5.75 Å². The molecule has 1 aromatic rings. The number of nitrogens with one attached hydrogen (secondary N) is 1. The topological polar surface area (TPSA) is 92.7 Å². The van der Waals surface area contributed by atoms with Crippen molar-refractivity contribution in [1.29, 1.82) is 0 Å². The van der Waals surface area contributed by atoms with Crippen molar-refractivity contribution in [2.75, 3.05) is 0 Å². The summed E-state index contributed by atoms with van der Waals surface area (Å²) in [5.74, 6) is -1.88. The predicted octanol–water partition coefficient (Wildman–Crippen LogP) is 2.15. The number of carbonyl (C=O) groups is 3. The van der Waals surface area contributed by atoms with Gasteiger partial charge in [-0.3, -0.25) is 9.59 Å². The van der Waals surface area contributed by atoms with E-state index in [4.69, 9.17) is 9.84 Å². The van der Waals surface area contributed by atoms with E-state index in [1.165, 1.54) is 25.1 Å². The molecule has 6 nitrogen and oxygen atoms in total. The number of ether oxygens (including phenoxy) is 1. The number of esters is 1. The lowest BCUT2D eigenvalue weighted by Crippen LogP contribution is -2.40. The van der Waals surface area contributed by atoms with Gasteiger partial charge in [0.1, 0.15) is 11.8 Å². The summed E-state index contributed by atoms with van der Waals surface area (Å²) in [4.78, 5) is 34.2. The molecule has 0 saturated carbocycles. The first-order chi connectivity index (χ1) is 10.4. The minimum Gasteiger partial charge on any atom is -0.480 e. The SMILES string of the molecule is C=CCCC[C@H](NC(=O)c1cccc(OC(C)=O)c1)C(=O)O. The zero-order valence-electron chi connectivity index (χ0n) is 12.4. The average Bonchev–Trinajstić information content (AvgIpc) is 2.45. The van der Waals surface area contributed by atoms with Gasteiger partial charge in [-0.2, -0.15) is 0 Å². The molecule has 1 amide bonds. The van der Waals surface area contributed by atoms with Gasteiger partial charge in [-0.15, -0.1) is 6.58 Å². The number of carbonyl (C=O) groups excluding carboxylic acids is 2. The second-order valence-electron chi connectivity index (χ2n) is 4.71. The minimum absolute atomic E-state index is 0.230. The molecular formula is C16H19NO5. The number of allylic oxidation sites excluding steroid dienone is 1. The molecule has 0 aliphatic rings. The lowest BCUT2D eigenvalue weighted by molar-refractivity contribution is -0.139. The summed E-state index contributed by atoms with van der Waals surface area (Å²) in [6.45, 7) is 4.82. The number of carboxylic acid groups (broad SMARTS) is 1. The molecule has 22 heavy (non-hydrogen) atoms. The van der Waals surface area contributed by atoms with Gasteiger partial charge in [0.25, 0.3) is 5.91 Å². The van der Waals surface area contributed by atoms with E-state index in [9.17, 15) is 14.4 Å². The second-order valence-corrected chi connectivity index (χ2v) is 4.71. The number of unbranched alkanes of at least 4 members (excludes halogenated alkanes) is 1. The molecule has 0 fully saturated rings. The van der Waals surface area contributed by atoms with E-state index in [1.54, 1.807) is 12.1 Å². The van der Waals surface area contributed by atoms with Crippen LogP contribution in [0.2, 0.25) is 0 Å². The van der Waals surface area contributed by atoms with Crippen LogP contribution in [0.4, 0.5) is 0 Å². The van der Waals surface area contributed by atoms with Crippen LogP contribution in [0.1, 0.15) is 36.5 Å². The van der Waals surface area contributed by atoms with Crippen molar-refractivity contribution in [3.05, 3.63) is 42.5 Å². The van der Waals surface area contributed by atoms with E-state index >= 15 is 0 Å². The van der Waals surface area contributed by atoms with Crippen LogP contribution in [0.25, 0.3) is 0 Å². The first-order valence-electron chi connectivity index (χ1n) is 6.87. The lowest BCUT2D eigenvalue weighted by atomic mass is 10.1. The Morgan fingerprint density at radius 1 is 1.41 bits per heavy atom. The van der Waals surface area contributed by atoms with Crippen LogP contribution < -0.4 is 10.1 Å². The number of benzene rings is 1. The molecule has 118 valence electrons.